The molecule has 95 heavy (non-hydrogen) atoms. The van der Waals surface area contributed by atoms with Gasteiger partial charge in [0.1, 0.15) is 28.4 Å². The number of imidazole rings is 2. The van der Waals surface area contributed by atoms with Gasteiger partial charge in [-0.3, -0.25) is 0 Å². The van der Waals surface area contributed by atoms with Crippen LogP contribution in [0.25, 0.3) is 33.3 Å². The topological polar surface area (TPSA) is 106 Å². The van der Waals surface area contributed by atoms with E-state index in [-0.39, 0.29) is 60.8 Å². The Labute approximate surface area is 586 Å². The van der Waals surface area contributed by atoms with Crippen molar-refractivity contribution in [3.05, 3.63) is 269 Å². The minimum Gasteiger partial charge on any atom is -0.0622 e. The van der Waals surface area contributed by atoms with E-state index in [1.54, 1.807) is 13.0 Å². The van der Waals surface area contributed by atoms with Crippen LogP contribution in [-0.4, -0.2) is 57.4 Å². The normalized spacial score (nSPS) is 12.9. The van der Waals surface area contributed by atoms with Crippen molar-refractivity contribution >= 4 is 136 Å². The second-order valence-corrected chi connectivity index (χ2v) is 30.7. The summed E-state index contributed by atoms with van der Waals surface area (Å²) in [5.41, 5.74) is 2.10. The van der Waals surface area contributed by atoms with Gasteiger partial charge in [-0.05, 0) is 170 Å². The molecule has 0 amide bonds. The van der Waals surface area contributed by atoms with Crippen LogP contribution in [0.5, 0.6) is 0 Å². The van der Waals surface area contributed by atoms with Crippen LogP contribution < -0.4 is 37.3 Å². The van der Waals surface area contributed by atoms with E-state index in [0.717, 1.165) is 23.7 Å². The molecule has 4 aromatic heterocycles. The molecule has 12 aromatic rings. The zero-order valence-electron chi connectivity index (χ0n) is 53.5. The first kappa shape index (κ1) is 74.3. The Balaban J connectivity index is 0.000000154. The second kappa shape index (κ2) is 34.7. The molecule has 0 N–H and O–H groups in total. The third-order valence-electron chi connectivity index (χ3n) is 15.2. The van der Waals surface area contributed by atoms with Crippen molar-refractivity contribution in [3.63, 3.8) is 0 Å². The van der Waals surface area contributed by atoms with Gasteiger partial charge >= 0.3 is 42.1 Å². The maximum absolute atomic E-state index is 14.6. The maximum Gasteiger partial charge on any atom is -0.0134 e. The van der Waals surface area contributed by atoms with Gasteiger partial charge in [-0.2, -0.15) is 0 Å². The molecule has 0 aliphatic carbocycles. The SMILES string of the molecule is Cc1nc2c(F)cc(-c3nc(Cl)ncc3F)cc2n1C(C)C.Cc1nc2c(F)cc(B3OC(C)(C)C(C)(C)O3)cc2n1C(C)C.Fc1cnc(Cl)nc1Cl.[Cl][Pd][Cl].c1ccc(P(c2ccccc2)c2ccccc2)cc1.c1ccc(P(c2ccccc2)c2ccccc2)cc1. The zero-order chi connectivity index (χ0) is 68.6. The van der Waals surface area contributed by atoms with E-state index in [1.807, 2.05) is 63.7 Å². The number of hydrogen-bond acceptors (Lipinski definition) is 8. The van der Waals surface area contributed by atoms with Gasteiger partial charge in [0.05, 0.1) is 34.6 Å². The van der Waals surface area contributed by atoms with Crippen molar-refractivity contribution in [2.45, 2.75) is 92.5 Å². The van der Waals surface area contributed by atoms with Crippen LogP contribution >= 0.6 is 69.7 Å². The van der Waals surface area contributed by atoms with Crippen LogP contribution in [0.1, 0.15) is 79.1 Å². The van der Waals surface area contributed by atoms with E-state index >= 15 is 0 Å². The Hall–Kier alpha value is -6.46. The largest absolute Gasteiger partial charge is 0.0622 e. The van der Waals surface area contributed by atoms with Crippen LogP contribution in [0.4, 0.5) is 17.6 Å². The third kappa shape index (κ3) is 19.2. The van der Waals surface area contributed by atoms with Gasteiger partial charge in [0.15, 0.2) is 28.4 Å². The van der Waals surface area contributed by atoms with Gasteiger partial charge < -0.3 is 18.4 Å². The number of aromatic nitrogens is 8. The summed E-state index contributed by atoms with van der Waals surface area (Å²) in [5, 5.41) is 7.99. The Morgan fingerprint density at radius 1 is 0.442 bits per heavy atom. The van der Waals surface area contributed by atoms with Crippen LogP contribution in [0.15, 0.2) is 219 Å². The molecule has 8 aromatic carbocycles. The smallest absolute Gasteiger partial charge is 0.0134 e. The Kier molecular flexibility index (Phi) is 27.1. The van der Waals surface area contributed by atoms with Crippen LogP contribution in [-0.2, 0) is 25.2 Å². The second-order valence-electron chi connectivity index (χ2n) is 22.9. The first-order valence-corrected chi connectivity index (χ1v) is 37.7. The average molecular weight is 1510 g/mol. The maximum atomic E-state index is 14.6. The number of halogens is 9. The van der Waals surface area contributed by atoms with Crippen molar-refractivity contribution in [1.29, 1.82) is 0 Å². The minimum absolute atomic E-state index is 0.0324. The van der Waals surface area contributed by atoms with Gasteiger partial charge in [-0.25, -0.2) is 47.5 Å². The summed E-state index contributed by atoms with van der Waals surface area (Å²) in [4.78, 5) is 22.7. The van der Waals surface area contributed by atoms with Crippen molar-refractivity contribution < 1.29 is 42.8 Å². The van der Waals surface area contributed by atoms with Crippen molar-refractivity contribution in [1.82, 2.24) is 39.0 Å². The molecule has 1 saturated heterocycles. The molecule has 23 heteroatoms. The minimum atomic E-state index is -0.666. The summed E-state index contributed by atoms with van der Waals surface area (Å²) in [6, 6.07) is 71.2. The summed E-state index contributed by atoms with van der Waals surface area (Å²) in [6.07, 6.45) is 1.88. The number of fused-ring (bicyclic) bond motifs is 2. The molecule has 13 rings (SSSR count). The first-order chi connectivity index (χ1) is 45.4. The number of hydrogen-bond donors (Lipinski definition) is 0. The van der Waals surface area contributed by atoms with Crippen LogP contribution in [0, 0.1) is 37.1 Å². The van der Waals surface area contributed by atoms with E-state index in [1.165, 1.54) is 44.0 Å². The third-order valence-corrected chi connectivity index (χ3v) is 20.7. The molecule has 1 fully saturated rings. The molecule has 494 valence electrons. The molecule has 10 nitrogen and oxygen atoms in total. The number of benzene rings is 8. The molecular weight excluding hydrogens is 1440 g/mol. The fourth-order valence-corrected chi connectivity index (χ4v) is 15.4. The quantitative estimate of drug-likeness (QED) is 0.0438. The van der Waals surface area contributed by atoms with E-state index in [9.17, 15) is 17.6 Å². The summed E-state index contributed by atoms with van der Waals surface area (Å²) >= 11 is 16.1. The van der Waals surface area contributed by atoms with Crippen LogP contribution in [0.3, 0.4) is 0 Å². The molecule has 0 atom stereocenters. The molecule has 0 bridgehead atoms. The average Bonchev–Trinajstić information content (AvgIpc) is 1.63. The zero-order valence-corrected chi connectivity index (χ0v) is 60.6. The van der Waals surface area contributed by atoms with E-state index in [0.29, 0.717) is 27.9 Å². The predicted molar refractivity (Wildman–Crippen MR) is 385 cm³/mol. The van der Waals surface area contributed by atoms with Gasteiger partial charge in [0.2, 0.25) is 10.6 Å². The summed E-state index contributed by atoms with van der Waals surface area (Å²) in [7, 11) is 8.16. The summed E-state index contributed by atoms with van der Waals surface area (Å²) in [6.45, 7) is 19.7. The van der Waals surface area contributed by atoms with E-state index < -0.39 is 51.6 Å². The first-order valence-electron chi connectivity index (χ1n) is 29.9. The van der Waals surface area contributed by atoms with Gasteiger partial charge in [-0.15, -0.1) is 0 Å². The van der Waals surface area contributed by atoms with Crippen molar-refractivity contribution in [3.8, 4) is 11.3 Å². The van der Waals surface area contributed by atoms with Gasteiger partial charge in [0, 0.05) is 17.6 Å². The molecule has 0 spiro atoms. The molecule has 1 aliphatic heterocycles. The molecule has 5 heterocycles. The molecule has 0 radical (unpaired) electrons. The summed E-state index contributed by atoms with van der Waals surface area (Å²) in [5.74, 6) is -0.683. The predicted octanol–water partition coefficient (Wildman–Crippen LogP) is 17.9. The Morgan fingerprint density at radius 2 is 0.758 bits per heavy atom. The van der Waals surface area contributed by atoms with E-state index in [2.05, 4.69) is 226 Å². The number of nitrogens with zero attached hydrogens (tertiary/aromatic N) is 8. The van der Waals surface area contributed by atoms with Crippen molar-refractivity contribution in [2.75, 3.05) is 0 Å². The van der Waals surface area contributed by atoms with Gasteiger partial charge in [-0.1, -0.05) is 194 Å². The number of rotatable bonds is 10. The number of aryl methyl sites for hydroxylation is 2. The molecular formula is C72H68BCl5F4N8O2P2Pd. The van der Waals surface area contributed by atoms with Gasteiger partial charge in [0.25, 0.3) is 0 Å². The standard InChI is InChI=1S/2C18H15P.C17H24BFN2O2.C15H13ClF2N4.C4HCl2FN2.2ClH.Pd/c2*1-4-10-16(11-5-1)19(17-12-6-2-7-13-17)18-14-8-3-9-15-18;1-10(2)21-11(3)20-15-13(19)8-12(9-14(15)21)18-22-16(4,5)17(6,7)23-18;1-7(2)22-8(3)20-14-10(17)4-9(5-12(14)22)13-11(18)6-19-15(16)21-13;5-3-2(7)1-8-4(6)9-3;;;/h2*1-15H;8-10H,1-7H3;4-7H,1-3H3;1H;2*1H;/q;;;;;;;+2/p-2. The van der Waals surface area contributed by atoms with E-state index in [4.69, 9.17) is 63.2 Å². The monoisotopic (exact) mass is 1510 g/mol. The summed E-state index contributed by atoms with van der Waals surface area (Å²) < 4.78 is 71.0. The fourth-order valence-electron chi connectivity index (χ4n) is 10.3. The molecule has 1 aliphatic rings. The van der Waals surface area contributed by atoms with Crippen LogP contribution in [0.2, 0.25) is 15.7 Å². The Morgan fingerprint density at radius 3 is 1.08 bits per heavy atom. The molecule has 0 unspecified atom stereocenters. The van der Waals surface area contributed by atoms with Crippen molar-refractivity contribution in [2.24, 2.45) is 0 Å². The fraction of sp³-hybridized carbons (Fsp3) is 0.194. The Bertz CT molecular complexity index is 4110. The molecule has 0 saturated carbocycles.